The molecule has 106 valence electrons. The van der Waals surface area contributed by atoms with E-state index in [4.69, 9.17) is 9.15 Å². The molecule has 1 N–H and O–H groups in total. The molecular formula is C17H21NO2. The van der Waals surface area contributed by atoms with E-state index in [2.05, 4.69) is 30.4 Å². The zero-order chi connectivity index (χ0) is 13.9. The van der Waals surface area contributed by atoms with E-state index in [1.807, 2.05) is 18.4 Å². The third-order valence-electron chi connectivity index (χ3n) is 4.12. The number of furan rings is 1. The van der Waals surface area contributed by atoms with Crippen molar-refractivity contribution in [1.29, 1.82) is 0 Å². The van der Waals surface area contributed by atoms with Crippen molar-refractivity contribution in [2.24, 2.45) is 0 Å². The van der Waals surface area contributed by atoms with Crippen molar-refractivity contribution in [3.05, 3.63) is 53.5 Å². The Morgan fingerprint density at radius 2 is 2.05 bits per heavy atom. The van der Waals surface area contributed by atoms with Crippen molar-refractivity contribution in [2.45, 2.75) is 38.3 Å². The van der Waals surface area contributed by atoms with Crippen molar-refractivity contribution < 1.29 is 9.15 Å². The van der Waals surface area contributed by atoms with Crippen LogP contribution in [0.25, 0.3) is 0 Å². The number of methoxy groups -OCH3 is 1. The molecule has 0 saturated heterocycles. The number of nitrogens with one attached hydrogen (secondary N) is 1. The average molecular weight is 271 g/mol. The fraction of sp³-hybridized carbons (Fsp3) is 0.412. The van der Waals surface area contributed by atoms with Crippen LogP contribution >= 0.6 is 0 Å². The van der Waals surface area contributed by atoms with Crippen LogP contribution in [0.1, 0.15) is 48.7 Å². The second-order valence-corrected chi connectivity index (χ2v) is 5.41. The summed E-state index contributed by atoms with van der Waals surface area (Å²) >= 11 is 0. The van der Waals surface area contributed by atoms with Gasteiger partial charge in [0.15, 0.2) is 0 Å². The van der Waals surface area contributed by atoms with Crippen LogP contribution < -0.4 is 10.1 Å². The summed E-state index contributed by atoms with van der Waals surface area (Å²) in [6.07, 6.45) is 5.24. The first-order valence-electron chi connectivity index (χ1n) is 7.24. The molecule has 0 aliphatic heterocycles. The molecule has 1 aromatic carbocycles. The van der Waals surface area contributed by atoms with Crippen molar-refractivity contribution in [3.8, 4) is 5.75 Å². The van der Waals surface area contributed by atoms with E-state index in [1.165, 1.54) is 24.0 Å². The van der Waals surface area contributed by atoms with Gasteiger partial charge in [-0.15, -0.1) is 0 Å². The van der Waals surface area contributed by atoms with Crippen LogP contribution in [0.2, 0.25) is 0 Å². The molecule has 0 radical (unpaired) electrons. The van der Waals surface area contributed by atoms with Gasteiger partial charge in [0.05, 0.1) is 13.4 Å². The second kappa shape index (κ2) is 5.71. The third kappa shape index (κ3) is 2.59. The highest BCUT2D eigenvalue weighted by Gasteiger charge is 2.23. The molecule has 2 atom stereocenters. The Morgan fingerprint density at radius 3 is 2.80 bits per heavy atom. The maximum Gasteiger partial charge on any atom is 0.118 e. The topological polar surface area (TPSA) is 34.4 Å². The lowest BCUT2D eigenvalue weighted by molar-refractivity contribution is 0.385. The lowest BCUT2D eigenvalue weighted by atomic mass is 9.92. The van der Waals surface area contributed by atoms with Crippen LogP contribution in [-0.2, 0) is 6.42 Å². The number of aryl methyl sites for hydroxylation is 1. The van der Waals surface area contributed by atoms with Crippen molar-refractivity contribution >= 4 is 0 Å². The maximum atomic E-state index is 5.55. The summed E-state index contributed by atoms with van der Waals surface area (Å²) in [5, 5.41) is 3.71. The van der Waals surface area contributed by atoms with E-state index in [-0.39, 0.29) is 0 Å². The maximum absolute atomic E-state index is 5.55. The van der Waals surface area contributed by atoms with Gasteiger partial charge in [-0.3, -0.25) is 0 Å². The molecule has 0 fully saturated rings. The smallest absolute Gasteiger partial charge is 0.118 e. The first-order valence-corrected chi connectivity index (χ1v) is 7.24. The van der Waals surface area contributed by atoms with Gasteiger partial charge < -0.3 is 14.5 Å². The summed E-state index contributed by atoms with van der Waals surface area (Å²) in [7, 11) is 1.69. The average Bonchev–Trinajstić information content (AvgIpc) is 2.97. The first-order chi connectivity index (χ1) is 9.78. The van der Waals surface area contributed by atoms with Crippen LogP contribution in [0.3, 0.4) is 0 Å². The van der Waals surface area contributed by atoms with Gasteiger partial charge in [-0.05, 0) is 43.5 Å². The number of benzene rings is 1. The zero-order valence-corrected chi connectivity index (χ0v) is 12.1. The molecule has 2 aromatic rings. The van der Waals surface area contributed by atoms with Crippen LogP contribution in [-0.4, -0.2) is 7.11 Å². The molecule has 3 heteroatoms. The van der Waals surface area contributed by atoms with E-state index in [9.17, 15) is 0 Å². The predicted molar refractivity (Wildman–Crippen MR) is 78.9 cm³/mol. The summed E-state index contributed by atoms with van der Waals surface area (Å²) in [5.41, 5.74) is 2.61. The van der Waals surface area contributed by atoms with Crippen molar-refractivity contribution in [1.82, 2.24) is 5.32 Å². The van der Waals surface area contributed by atoms with Gasteiger partial charge in [0.25, 0.3) is 0 Å². The highest BCUT2D eigenvalue weighted by atomic mass is 16.5. The Labute approximate surface area is 119 Å². The van der Waals surface area contributed by atoms with Gasteiger partial charge in [0.2, 0.25) is 0 Å². The van der Waals surface area contributed by atoms with Crippen LogP contribution in [0.4, 0.5) is 0 Å². The van der Waals surface area contributed by atoms with E-state index in [0.29, 0.717) is 12.1 Å². The summed E-state index contributed by atoms with van der Waals surface area (Å²) in [6, 6.07) is 11.1. The molecule has 2 unspecified atom stereocenters. The molecule has 1 heterocycles. The summed E-state index contributed by atoms with van der Waals surface area (Å²) in [6.45, 7) is 2.20. The Kier molecular flexibility index (Phi) is 3.79. The summed E-state index contributed by atoms with van der Waals surface area (Å²) in [5.74, 6) is 2.05. The van der Waals surface area contributed by atoms with E-state index in [0.717, 1.165) is 17.9 Å². The third-order valence-corrected chi connectivity index (χ3v) is 4.12. The summed E-state index contributed by atoms with van der Waals surface area (Å²) in [4.78, 5) is 0. The second-order valence-electron chi connectivity index (χ2n) is 5.41. The SMILES string of the molecule is COc1ccc(C(C)NC2CCCc3occc32)cc1. The molecular weight excluding hydrogens is 250 g/mol. The van der Waals surface area contributed by atoms with E-state index < -0.39 is 0 Å². The normalized spacial score (nSPS) is 19.4. The highest BCUT2D eigenvalue weighted by Crippen LogP contribution is 2.32. The molecule has 1 aliphatic rings. The molecule has 3 nitrogen and oxygen atoms in total. The highest BCUT2D eigenvalue weighted by molar-refractivity contribution is 5.30. The number of hydrogen-bond acceptors (Lipinski definition) is 3. The fourth-order valence-corrected chi connectivity index (χ4v) is 2.95. The molecule has 0 spiro atoms. The van der Waals surface area contributed by atoms with E-state index in [1.54, 1.807) is 7.11 Å². The van der Waals surface area contributed by atoms with Gasteiger partial charge in [0.1, 0.15) is 11.5 Å². The Hall–Kier alpha value is -1.74. The largest absolute Gasteiger partial charge is 0.497 e. The van der Waals surface area contributed by atoms with Gasteiger partial charge in [-0.25, -0.2) is 0 Å². The number of fused-ring (bicyclic) bond motifs is 1. The Balaban J connectivity index is 1.71. The van der Waals surface area contributed by atoms with Gasteiger partial charge in [-0.2, -0.15) is 0 Å². The lowest BCUT2D eigenvalue weighted by Crippen LogP contribution is -2.27. The summed E-state index contributed by atoms with van der Waals surface area (Å²) < 4.78 is 10.7. The van der Waals surface area contributed by atoms with Crippen LogP contribution in [0.15, 0.2) is 41.0 Å². The molecule has 1 aliphatic carbocycles. The molecule has 20 heavy (non-hydrogen) atoms. The van der Waals surface area contributed by atoms with Crippen LogP contribution in [0.5, 0.6) is 5.75 Å². The lowest BCUT2D eigenvalue weighted by Gasteiger charge is -2.26. The van der Waals surface area contributed by atoms with Crippen molar-refractivity contribution in [2.75, 3.05) is 7.11 Å². The first kappa shape index (κ1) is 13.3. The minimum absolute atomic E-state index is 0.312. The standard InChI is InChI=1S/C17H21NO2/c1-12(13-6-8-14(19-2)9-7-13)18-16-4-3-5-17-15(16)10-11-20-17/h6-12,16,18H,3-5H2,1-2H3. The molecule has 1 aromatic heterocycles. The molecule has 3 rings (SSSR count). The fourth-order valence-electron chi connectivity index (χ4n) is 2.95. The molecule has 0 amide bonds. The Bertz CT molecular complexity index is 559. The minimum atomic E-state index is 0.312. The quantitative estimate of drug-likeness (QED) is 0.912. The van der Waals surface area contributed by atoms with Crippen molar-refractivity contribution in [3.63, 3.8) is 0 Å². The molecule has 0 bridgehead atoms. The minimum Gasteiger partial charge on any atom is -0.497 e. The van der Waals surface area contributed by atoms with Crippen LogP contribution in [0, 0.1) is 0 Å². The van der Waals surface area contributed by atoms with E-state index >= 15 is 0 Å². The predicted octanol–water partition coefficient (Wildman–Crippen LogP) is 4.02. The Morgan fingerprint density at radius 1 is 1.25 bits per heavy atom. The number of ether oxygens (including phenoxy) is 1. The number of hydrogen-bond donors (Lipinski definition) is 1. The zero-order valence-electron chi connectivity index (χ0n) is 12.1. The number of rotatable bonds is 4. The monoisotopic (exact) mass is 271 g/mol. The van der Waals surface area contributed by atoms with Gasteiger partial charge in [-0.1, -0.05) is 12.1 Å². The van der Waals surface area contributed by atoms with Gasteiger partial charge in [0, 0.05) is 24.1 Å². The molecule has 0 saturated carbocycles. The van der Waals surface area contributed by atoms with Gasteiger partial charge >= 0.3 is 0 Å².